The van der Waals surface area contributed by atoms with Crippen LogP contribution in [0.2, 0.25) is 0 Å². The summed E-state index contributed by atoms with van der Waals surface area (Å²) in [6, 6.07) is 4.45. The van der Waals surface area contributed by atoms with E-state index < -0.39 is 17.1 Å². The first-order valence-corrected chi connectivity index (χ1v) is 6.10. The molecule has 19 heavy (non-hydrogen) atoms. The molecule has 1 aromatic carbocycles. The Hall–Kier alpha value is -2.37. The van der Waals surface area contributed by atoms with Crippen molar-refractivity contribution in [1.29, 1.82) is 0 Å². The lowest BCUT2D eigenvalue weighted by Gasteiger charge is -2.28. The Morgan fingerprint density at radius 2 is 2.05 bits per heavy atom. The van der Waals surface area contributed by atoms with Gasteiger partial charge in [-0.25, -0.2) is 4.79 Å². The molecular weight excluding hydrogens is 248 g/mol. The third-order valence-corrected chi connectivity index (χ3v) is 3.60. The van der Waals surface area contributed by atoms with Crippen molar-refractivity contribution in [1.82, 2.24) is 9.55 Å². The van der Waals surface area contributed by atoms with Crippen LogP contribution in [0, 0.1) is 0 Å². The van der Waals surface area contributed by atoms with Gasteiger partial charge in [-0.1, -0.05) is 0 Å². The number of aromatic nitrogens is 2. The fourth-order valence-corrected chi connectivity index (χ4v) is 2.38. The molecule has 1 saturated carbocycles. The first kappa shape index (κ1) is 11.7. The Morgan fingerprint density at radius 3 is 2.63 bits per heavy atom. The van der Waals surface area contributed by atoms with E-state index in [-0.39, 0.29) is 11.6 Å². The van der Waals surface area contributed by atoms with E-state index >= 15 is 0 Å². The molecule has 0 radical (unpaired) electrons. The predicted octanol–water partition coefficient (Wildman–Crippen LogP) is 1.11. The number of nitrogens with zero attached hydrogens (tertiary/aromatic N) is 1. The number of hydrogen-bond acceptors (Lipinski definition) is 3. The third kappa shape index (κ3) is 1.76. The lowest BCUT2D eigenvalue weighted by molar-refractivity contribution is 0.0697. The number of carboxylic acid groups (broad SMARTS) is 1. The number of carboxylic acids is 1. The van der Waals surface area contributed by atoms with E-state index in [4.69, 9.17) is 5.11 Å². The van der Waals surface area contributed by atoms with Crippen molar-refractivity contribution in [2.75, 3.05) is 0 Å². The Balaban J connectivity index is 2.34. The average Bonchev–Trinajstić information content (AvgIpc) is 2.31. The van der Waals surface area contributed by atoms with Crippen LogP contribution in [0.3, 0.4) is 0 Å². The molecule has 0 bridgehead atoms. The van der Waals surface area contributed by atoms with Crippen LogP contribution >= 0.6 is 0 Å². The molecule has 0 aliphatic heterocycles. The first-order valence-electron chi connectivity index (χ1n) is 6.10. The van der Waals surface area contributed by atoms with Crippen molar-refractivity contribution in [2.24, 2.45) is 0 Å². The molecule has 1 aromatic heterocycles. The molecular formula is C13H12N2O4. The topological polar surface area (TPSA) is 92.2 Å². The van der Waals surface area contributed by atoms with Crippen LogP contribution in [0.25, 0.3) is 11.0 Å². The largest absolute Gasteiger partial charge is 0.478 e. The van der Waals surface area contributed by atoms with Crippen LogP contribution in [-0.4, -0.2) is 20.6 Å². The van der Waals surface area contributed by atoms with Crippen LogP contribution in [0.5, 0.6) is 0 Å². The molecule has 0 unspecified atom stereocenters. The van der Waals surface area contributed by atoms with Crippen LogP contribution in [-0.2, 0) is 0 Å². The summed E-state index contributed by atoms with van der Waals surface area (Å²) in [6.45, 7) is 0. The number of hydrogen-bond donors (Lipinski definition) is 2. The highest BCUT2D eigenvalue weighted by Crippen LogP contribution is 2.32. The van der Waals surface area contributed by atoms with E-state index in [2.05, 4.69) is 4.98 Å². The number of carbonyl (C=O) groups is 1. The zero-order valence-corrected chi connectivity index (χ0v) is 10.0. The number of aromatic amines is 1. The van der Waals surface area contributed by atoms with E-state index in [1.165, 1.54) is 16.7 Å². The fourth-order valence-electron chi connectivity index (χ4n) is 2.38. The van der Waals surface area contributed by atoms with Gasteiger partial charge in [0.05, 0.1) is 16.6 Å². The minimum atomic E-state index is -1.07. The second kappa shape index (κ2) is 4.08. The van der Waals surface area contributed by atoms with Gasteiger partial charge in [0.25, 0.3) is 0 Å². The molecule has 0 spiro atoms. The van der Waals surface area contributed by atoms with Gasteiger partial charge in [0, 0.05) is 6.04 Å². The molecule has 1 heterocycles. The second-order valence-electron chi connectivity index (χ2n) is 4.75. The fraction of sp³-hybridized carbons (Fsp3) is 0.308. The van der Waals surface area contributed by atoms with Gasteiger partial charge in [0.1, 0.15) is 0 Å². The summed E-state index contributed by atoms with van der Waals surface area (Å²) in [5.41, 5.74) is -0.222. The Bertz CT molecular complexity index is 783. The molecule has 1 aliphatic carbocycles. The summed E-state index contributed by atoms with van der Waals surface area (Å²) in [5, 5.41) is 8.94. The molecule has 98 valence electrons. The maximum absolute atomic E-state index is 11.9. The maximum atomic E-state index is 11.9. The molecule has 6 heteroatoms. The lowest BCUT2D eigenvalue weighted by Crippen LogP contribution is -2.40. The Labute approximate surface area is 107 Å². The minimum absolute atomic E-state index is 0.0491. The highest BCUT2D eigenvalue weighted by molar-refractivity contribution is 5.92. The van der Waals surface area contributed by atoms with Crippen molar-refractivity contribution in [3.8, 4) is 0 Å². The number of rotatable bonds is 2. The first-order chi connectivity index (χ1) is 9.08. The van der Waals surface area contributed by atoms with Crippen molar-refractivity contribution >= 4 is 17.0 Å². The maximum Gasteiger partial charge on any atom is 0.335 e. The van der Waals surface area contributed by atoms with Crippen molar-refractivity contribution < 1.29 is 9.90 Å². The van der Waals surface area contributed by atoms with Crippen molar-refractivity contribution in [2.45, 2.75) is 25.3 Å². The smallest absolute Gasteiger partial charge is 0.335 e. The molecule has 2 aromatic rings. The number of H-pyrrole nitrogens is 1. The number of fused-ring (bicyclic) bond motifs is 1. The highest BCUT2D eigenvalue weighted by atomic mass is 16.4. The molecule has 0 saturated heterocycles. The van der Waals surface area contributed by atoms with Crippen LogP contribution in [0.15, 0.2) is 27.8 Å². The summed E-state index contributed by atoms with van der Waals surface area (Å²) < 4.78 is 1.49. The van der Waals surface area contributed by atoms with E-state index in [0.29, 0.717) is 11.0 Å². The lowest BCUT2D eigenvalue weighted by atomic mass is 9.92. The van der Waals surface area contributed by atoms with Crippen LogP contribution in [0.1, 0.15) is 35.7 Å². The molecule has 1 fully saturated rings. The monoisotopic (exact) mass is 260 g/mol. The minimum Gasteiger partial charge on any atom is -0.478 e. The van der Waals surface area contributed by atoms with E-state index in [9.17, 15) is 14.4 Å². The van der Waals surface area contributed by atoms with Gasteiger partial charge in [-0.2, -0.15) is 0 Å². The zero-order chi connectivity index (χ0) is 13.6. The van der Waals surface area contributed by atoms with Crippen LogP contribution < -0.4 is 11.1 Å². The molecule has 0 atom stereocenters. The van der Waals surface area contributed by atoms with Crippen molar-refractivity contribution in [3.63, 3.8) is 0 Å². The standard InChI is InChI=1S/C13H12N2O4/c16-11-12(17)15(8-2-1-3-8)10-5-4-7(13(18)19)6-9(10)14-11/h4-6,8H,1-3H2,(H,14,16)(H,18,19). The van der Waals surface area contributed by atoms with E-state index in [0.717, 1.165) is 19.3 Å². The Morgan fingerprint density at radius 1 is 1.32 bits per heavy atom. The normalized spacial score (nSPS) is 15.4. The molecule has 1 aliphatic rings. The van der Waals surface area contributed by atoms with Gasteiger partial charge in [-0.15, -0.1) is 0 Å². The average molecular weight is 260 g/mol. The molecule has 2 N–H and O–H groups in total. The number of benzene rings is 1. The Kier molecular flexibility index (Phi) is 2.51. The van der Waals surface area contributed by atoms with Gasteiger partial charge >= 0.3 is 17.1 Å². The summed E-state index contributed by atoms with van der Waals surface area (Å²) in [5.74, 6) is -1.07. The molecule has 0 amide bonds. The van der Waals surface area contributed by atoms with E-state index in [1.807, 2.05) is 0 Å². The number of nitrogens with one attached hydrogen (secondary N) is 1. The van der Waals surface area contributed by atoms with Crippen molar-refractivity contribution in [3.05, 3.63) is 44.5 Å². The third-order valence-electron chi connectivity index (χ3n) is 3.60. The summed E-state index contributed by atoms with van der Waals surface area (Å²) in [4.78, 5) is 36.9. The predicted molar refractivity (Wildman–Crippen MR) is 68.7 cm³/mol. The van der Waals surface area contributed by atoms with Crippen LogP contribution in [0.4, 0.5) is 0 Å². The summed E-state index contributed by atoms with van der Waals surface area (Å²) in [6.07, 6.45) is 2.79. The summed E-state index contributed by atoms with van der Waals surface area (Å²) in [7, 11) is 0. The van der Waals surface area contributed by atoms with Gasteiger partial charge in [0.15, 0.2) is 0 Å². The second-order valence-corrected chi connectivity index (χ2v) is 4.75. The van der Waals surface area contributed by atoms with Gasteiger partial charge < -0.3 is 10.1 Å². The van der Waals surface area contributed by atoms with Gasteiger partial charge in [-0.3, -0.25) is 14.2 Å². The number of aromatic carboxylic acids is 1. The molecule has 6 nitrogen and oxygen atoms in total. The summed E-state index contributed by atoms with van der Waals surface area (Å²) >= 11 is 0. The van der Waals surface area contributed by atoms with E-state index in [1.54, 1.807) is 6.07 Å². The SMILES string of the molecule is O=C(O)c1ccc2c(c1)[nH]c(=O)c(=O)n2C1CCC1. The van der Waals surface area contributed by atoms with Gasteiger partial charge in [0.2, 0.25) is 0 Å². The highest BCUT2D eigenvalue weighted by Gasteiger charge is 2.23. The molecule has 3 rings (SSSR count). The zero-order valence-electron chi connectivity index (χ0n) is 10.0. The van der Waals surface area contributed by atoms with Gasteiger partial charge in [-0.05, 0) is 37.5 Å². The quantitative estimate of drug-likeness (QED) is 0.791.